The molecule has 0 aliphatic heterocycles. The van der Waals surface area contributed by atoms with Crippen molar-refractivity contribution < 1.29 is 4.74 Å². The molecule has 0 fully saturated rings. The van der Waals surface area contributed by atoms with Crippen LogP contribution in [0.15, 0.2) is 34.8 Å². The molecule has 94 valence electrons. The molecule has 2 nitrogen and oxygen atoms in total. The summed E-state index contributed by atoms with van der Waals surface area (Å²) >= 11 is 9.38. The molecule has 1 aromatic carbocycles. The molecule has 0 radical (unpaired) electrons. The van der Waals surface area contributed by atoms with Gasteiger partial charge in [-0.25, -0.2) is 0 Å². The van der Waals surface area contributed by atoms with Gasteiger partial charge in [0.1, 0.15) is 11.9 Å². The number of ether oxygens (including phenoxy) is 1. The van der Waals surface area contributed by atoms with Gasteiger partial charge in [0.15, 0.2) is 0 Å². The molecule has 0 spiro atoms. The van der Waals surface area contributed by atoms with Gasteiger partial charge in [-0.2, -0.15) is 0 Å². The highest BCUT2D eigenvalue weighted by Gasteiger charge is 2.07. The lowest BCUT2D eigenvalue weighted by molar-refractivity contribution is 0.238. The van der Waals surface area contributed by atoms with Crippen molar-refractivity contribution in [2.75, 3.05) is 13.6 Å². The van der Waals surface area contributed by atoms with Gasteiger partial charge in [-0.1, -0.05) is 17.7 Å². The van der Waals surface area contributed by atoms with Gasteiger partial charge in [0.25, 0.3) is 0 Å². The van der Waals surface area contributed by atoms with Gasteiger partial charge < -0.3 is 10.1 Å². The first-order valence-corrected chi connectivity index (χ1v) is 6.73. The average Bonchev–Trinajstić information content (AvgIpc) is 2.31. The summed E-state index contributed by atoms with van der Waals surface area (Å²) in [5, 5.41) is 3.78. The summed E-state index contributed by atoms with van der Waals surface area (Å²) in [5.74, 6) is 0.789. The van der Waals surface area contributed by atoms with Gasteiger partial charge in [0.05, 0.1) is 5.02 Å². The quantitative estimate of drug-likeness (QED) is 0.799. The van der Waals surface area contributed by atoms with Gasteiger partial charge in [0.2, 0.25) is 0 Å². The number of hydrogen-bond acceptors (Lipinski definition) is 2. The van der Waals surface area contributed by atoms with Crippen molar-refractivity contribution in [3.63, 3.8) is 0 Å². The number of rotatable bonds is 6. The minimum atomic E-state index is 0.0738. The van der Waals surface area contributed by atoms with E-state index in [2.05, 4.69) is 21.2 Å². The van der Waals surface area contributed by atoms with Crippen LogP contribution in [0.1, 0.15) is 13.3 Å². The largest absolute Gasteiger partial charge is 0.486 e. The Morgan fingerprint density at radius 2 is 2.29 bits per heavy atom. The van der Waals surface area contributed by atoms with E-state index in [1.165, 1.54) is 0 Å². The zero-order valence-corrected chi connectivity index (χ0v) is 12.4. The average molecular weight is 319 g/mol. The van der Waals surface area contributed by atoms with Crippen molar-refractivity contribution in [2.45, 2.75) is 19.4 Å². The molecule has 17 heavy (non-hydrogen) atoms. The number of allylic oxidation sites excluding steroid dienone is 1. The molecule has 0 aliphatic carbocycles. The third kappa shape index (κ3) is 5.11. The summed E-state index contributed by atoms with van der Waals surface area (Å²) in [4.78, 5) is 0. The fourth-order valence-corrected chi connectivity index (χ4v) is 1.84. The lowest BCUT2D eigenvalue weighted by Gasteiger charge is -2.16. The van der Waals surface area contributed by atoms with Crippen LogP contribution in [0.25, 0.3) is 0 Å². The van der Waals surface area contributed by atoms with E-state index in [0.29, 0.717) is 5.02 Å². The van der Waals surface area contributed by atoms with Crippen LogP contribution in [0.2, 0.25) is 5.02 Å². The Morgan fingerprint density at radius 3 is 2.88 bits per heavy atom. The third-order valence-electron chi connectivity index (χ3n) is 2.26. The second-order valence-corrected chi connectivity index (χ2v) is 4.91. The molecule has 0 bridgehead atoms. The minimum absolute atomic E-state index is 0.0738. The van der Waals surface area contributed by atoms with Crippen LogP contribution in [-0.4, -0.2) is 19.7 Å². The Bertz CT molecular complexity index is 382. The Morgan fingerprint density at radius 1 is 1.53 bits per heavy atom. The molecule has 0 amide bonds. The second-order valence-electron chi connectivity index (χ2n) is 3.65. The summed E-state index contributed by atoms with van der Waals surface area (Å²) in [5.41, 5.74) is 0. The first kappa shape index (κ1) is 14.6. The molecular weight excluding hydrogens is 302 g/mol. The molecule has 1 atom stereocenters. The summed E-state index contributed by atoms with van der Waals surface area (Å²) < 4.78 is 6.74. The van der Waals surface area contributed by atoms with Crippen molar-refractivity contribution in [3.8, 4) is 5.75 Å². The number of halogens is 2. The summed E-state index contributed by atoms with van der Waals surface area (Å²) in [6.07, 6.45) is 5.05. The fraction of sp³-hybridized carbons (Fsp3) is 0.385. The van der Waals surface area contributed by atoms with Crippen molar-refractivity contribution in [1.82, 2.24) is 5.32 Å². The predicted octanol–water partition coefficient (Wildman–Crippen LogP) is 4.04. The van der Waals surface area contributed by atoms with Crippen LogP contribution in [0, 0.1) is 0 Å². The molecule has 0 saturated carbocycles. The molecule has 1 N–H and O–H groups in total. The van der Waals surface area contributed by atoms with Crippen LogP contribution in [0.5, 0.6) is 5.75 Å². The van der Waals surface area contributed by atoms with E-state index in [9.17, 15) is 0 Å². The number of hydrogen-bond donors (Lipinski definition) is 1. The van der Waals surface area contributed by atoms with Crippen LogP contribution in [-0.2, 0) is 0 Å². The van der Waals surface area contributed by atoms with E-state index >= 15 is 0 Å². The Labute approximate surface area is 116 Å². The van der Waals surface area contributed by atoms with Gasteiger partial charge in [-0.15, -0.1) is 0 Å². The van der Waals surface area contributed by atoms with Crippen LogP contribution in [0.4, 0.5) is 0 Å². The standard InChI is InChI=1S/C13H17BrClNO/c1-3-4-10(7-8-16-2)17-11-5-6-12(14)13(15)9-11/h3-6,9-10,16H,7-8H2,1-2H3/b4-3+. The summed E-state index contributed by atoms with van der Waals surface area (Å²) in [6.45, 7) is 2.91. The summed E-state index contributed by atoms with van der Waals surface area (Å²) in [7, 11) is 1.93. The Hall–Kier alpha value is -0.510. The zero-order chi connectivity index (χ0) is 12.7. The lowest BCUT2D eigenvalue weighted by Crippen LogP contribution is -2.20. The SMILES string of the molecule is C/C=C/C(CCNC)Oc1ccc(Br)c(Cl)c1. The second kappa shape index (κ2) is 7.75. The van der Waals surface area contributed by atoms with E-state index in [4.69, 9.17) is 16.3 Å². The van der Waals surface area contributed by atoms with Crippen LogP contribution < -0.4 is 10.1 Å². The van der Waals surface area contributed by atoms with E-state index in [0.717, 1.165) is 23.2 Å². The molecule has 1 rings (SSSR count). The van der Waals surface area contributed by atoms with Crippen LogP contribution >= 0.6 is 27.5 Å². The van der Waals surface area contributed by atoms with Crippen molar-refractivity contribution in [2.24, 2.45) is 0 Å². The summed E-state index contributed by atoms with van der Waals surface area (Å²) in [6, 6.07) is 5.62. The number of benzene rings is 1. The highest BCUT2D eigenvalue weighted by atomic mass is 79.9. The van der Waals surface area contributed by atoms with E-state index in [-0.39, 0.29) is 6.10 Å². The van der Waals surface area contributed by atoms with E-state index in [1.807, 2.05) is 44.3 Å². The maximum absolute atomic E-state index is 6.02. The molecular formula is C13H17BrClNO. The highest BCUT2D eigenvalue weighted by molar-refractivity contribution is 9.10. The first-order chi connectivity index (χ1) is 8.17. The van der Waals surface area contributed by atoms with Gasteiger partial charge in [-0.05, 0) is 60.7 Å². The third-order valence-corrected chi connectivity index (χ3v) is 3.50. The monoisotopic (exact) mass is 317 g/mol. The predicted molar refractivity (Wildman–Crippen MR) is 76.9 cm³/mol. The van der Waals surface area contributed by atoms with Crippen molar-refractivity contribution in [3.05, 3.63) is 39.8 Å². The maximum Gasteiger partial charge on any atom is 0.121 e. The normalized spacial score (nSPS) is 12.9. The fourth-order valence-electron chi connectivity index (χ4n) is 1.42. The molecule has 4 heteroatoms. The Balaban J connectivity index is 2.67. The molecule has 0 saturated heterocycles. The minimum Gasteiger partial charge on any atom is -0.486 e. The molecule has 0 heterocycles. The van der Waals surface area contributed by atoms with Gasteiger partial charge in [-0.3, -0.25) is 0 Å². The van der Waals surface area contributed by atoms with Gasteiger partial charge >= 0.3 is 0 Å². The van der Waals surface area contributed by atoms with E-state index < -0.39 is 0 Å². The van der Waals surface area contributed by atoms with Crippen LogP contribution in [0.3, 0.4) is 0 Å². The smallest absolute Gasteiger partial charge is 0.121 e. The lowest BCUT2D eigenvalue weighted by atomic mass is 10.2. The van der Waals surface area contributed by atoms with Crippen molar-refractivity contribution in [1.29, 1.82) is 0 Å². The number of nitrogens with one attached hydrogen (secondary N) is 1. The zero-order valence-electron chi connectivity index (χ0n) is 10.0. The highest BCUT2D eigenvalue weighted by Crippen LogP contribution is 2.27. The molecule has 0 aromatic heterocycles. The maximum atomic E-state index is 6.02. The molecule has 0 aliphatic rings. The van der Waals surface area contributed by atoms with Crippen molar-refractivity contribution >= 4 is 27.5 Å². The van der Waals surface area contributed by atoms with E-state index in [1.54, 1.807) is 0 Å². The molecule has 1 unspecified atom stereocenters. The molecule has 1 aromatic rings. The Kier molecular flexibility index (Phi) is 6.63. The first-order valence-electron chi connectivity index (χ1n) is 5.56. The topological polar surface area (TPSA) is 21.3 Å². The van der Waals surface area contributed by atoms with Gasteiger partial charge in [0, 0.05) is 10.9 Å².